The molecule has 3 aromatic rings. The molecule has 0 saturated carbocycles. The van der Waals surface area contributed by atoms with E-state index in [1.807, 2.05) is 18.2 Å². The van der Waals surface area contributed by atoms with Gasteiger partial charge in [0.15, 0.2) is 0 Å². The number of fused-ring (bicyclic) bond motifs is 3. The van der Waals surface area contributed by atoms with Crippen LogP contribution in [0.3, 0.4) is 0 Å². The van der Waals surface area contributed by atoms with Gasteiger partial charge < -0.3 is 19.5 Å². The predicted octanol–water partition coefficient (Wildman–Crippen LogP) is 3.03. The number of carbonyl (C=O) groups is 2. The van der Waals surface area contributed by atoms with E-state index in [1.54, 1.807) is 4.90 Å². The Kier molecular flexibility index (Phi) is 6.04. The van der Waals surface area contributed by atoms with Gasteiger partial charge in [0.25, 0.3) is 0 Å². The lowest BCUT2D eigenvalue weighted by atomic mass is 9.96. The minimum absolute atomic E-state index is 0.0279. The van der Waals surface area contributed by atoms with Crippen molar-refractivity contribution >= 4 is 28.5 Å². The topological polar surface area (TPSA) is 68.9 Å². The van der Waals surface area contributed by atoms with E-state index >= 15 is 0 Å². The summed E-state index contributed by atoms with van der Waals surface area (Å²) in [5, 5.41) is 1.11. The number of carbonyl (C=O) groups excluding carboxylic acids is 2. The molecular formula is C27H32N4O3. The zero-order chi connectivity index (χ0) is 23.8. The molecule has 1 fully saturated rings. The smallest absolute Gasteiger partial charge is 0.328 e. The molecule has 0 aliphatic carbocycles. The van der Waals surface area contributed by atoms with Gasteiger partial charge in [-0.1, -0.05) is 30.3 Å². The Hall–Kier alpha value is -3.32. The van der Waals surface area contributed by atoms with Crippen LogP contribution in [0, 0.1) is 13.8 Å². The number of hydrogen-bond acceptors (Lipinski definition) is 5. The van der Waals surface area contributed by atoms with Gasteiger partial charge in [-0.25, -0.2) is 4.79 Å². The molecule has 7 nitrogen and oxygen atoms in total. The Morgan fingerprint density at radius 1 is 1.03 bits per heavy atom. The molecule has 0 bridgehead atoms. The standard InChI is InChI=1S/C27H32N4O3/c1-18-7-6-10-24(19(18)2)30-13-11-29(12-14-30)17-26(32)31-16-23-21(15-25(31)27(33)34-3)20-8-4-5-9-22(20)28-23/h4-10,25,28H,11-17H2,1-3H3. The average molecular weight is 461 g/mol. The first-order valence-electron chi connectivity index (χ1n) is 12.0. The summed E-state index contributed by atoms with van der Waals surface area (Å²) in [6, 6.07) is 13.9. The van der Waals surface area contributed by atoms with E-state index in [0.29, 0.717) is 19.5 Å². The van der Waals surface area contributed by atoms with Crippen LogP contribution in [0.25, 0.3) is 10.9 Å². The van der Waals surface area contributed by atoms with Gasteiger partial charge in [0.05, 0.1) is 20.2 Å². The summed E-state index contributed by atoms with van der Waals surface area (Å²) in [6.07, 6.45) is 0.470. The Morgan fingerprint density at radius 2 is 1.79 bits per heavy atom. The molecule has 1 N–H and O–H groups in total. The molecule has 5 rings (SSSR count). The van der Waals surface area contributed by atoms with Crippen molar-refractivity contribution in [2.45, 2.75) is 32.9 Å². The van der Waals surface area contributed by atoms with Crippen LogP contribution >= 0.6 is 0 Å². The molecule has 2 aromatic carbocycles. The maximum atomic E-state index is 13.4. The summed E-state index contributed by atoms with van der Waals surface area (Å²) < 4.78 is 5.08. The van der Waals surface area contributed by atoms with Crippen LogP contribution in [-0.4, -0.2) is 72.5 Å². The number of aromatic amines is 1. The minimum atomic E-state index is -0.597. The zero-order valence-corrected chi connectivity index (χ0v) is 20.1. The number of rotatable bonds is 4. The molecule has 1 amide bonds. The maximum Gasteiger partial charge on any atom is 0.328 e. The summed E-state index contributed by atoms with van der Waals surface area (Å²) >= 11 is 0. The molecule has 178 valence electrons. The van der Waals surface area contributed by atoms with Crippen LogP contribution in [-0.2, 0) is 27.3 Å². The van der Waals surface area contributed by atoms with Crippen LogP contribution < -0.4 is 4.90 Å². The average Bonchev–Trinajstić information content (AvgIpc) is 3.22. The molecule has 1 unspecified atom stereocenters. The van der Waals surface area contributed by atoms with E-state index in [2.05, 4.69) is 52.9 Å². The van der Waals surface area contributed by atoms with Crippen LogP contribution in [0.15, 0.2) is 42.5 Å². The largest absolute Gasteiger partial charge is 0.467 e. The third-order valence-electron chi connectivity index (χ3n) is 7.45. The van der Waals surface area contributed by atoms with Crippen molar-refractivity contribution in [2.75, 3.05) is 44.7 Å². The highest BCUT2D eigenvalue weighted by molar-refractivity contribution is 5.90. The van der Waals surface area contributed by atoms with Crippen molar-refractivity contribution in [2.24, 2.45) is 0 Å². The highest BCUT2D eigenvalue weighted by atomic mass is 16.5. The van der Waals surface area contributed by atoms with Gasteiger partial charge in [-0.3, -0.25) is 9.69 Å². The van der Waals surface area contributed by atoms with Gasteiger partial charge >= 0.3 is 5.97 Å². The van der Waals surface area contributed by atoms with Gasteiger partial charge in [-0.05, 0) is 42.7 Å². The lowest BCUT2D eigenvalue weighted by molar-refractivity contribution is -0.154. The fourth-order valence-corrected chi connectivity index (χ4v) is 5.32. The van der Waals surface area contributed by atoms with Gasteiger partial charge in [-0.2, -0.15) is 0 Å². The van der Waals surface area contributed by atoms with E-state index in [9.17, 15) is 9.59 Å². The van der Waals surface area contributed by atoms with E-state index in [4.69, 9.17) is 4.74 Å². The summed E-state index contributed by atoms with van der Waals surface area (Å²) in [5.74, 6) is -0.385. The molecule has 0 radical (unpaired) electrons. The number of benzene rings is 2. The number of hydrogen-bond donors (Lipinski definition) is 1. The number of para-hydroxylation sites is 1. The van der Waals surface area contributed by atoms with Crippen molar-refractivity contribution < 1.29 is 14.3 Å². The number of nitrogens with one attached hydrogen (secondary N) is 1. The normalized spacial score (nSPS) is 18.7. The first-order chi connectivity index (χ1) is 16.5. The second kappa shape index (κ2) is 9.14. The van der Waals surface area contributed by atoms with E-state index in [-0.39, 0.29) is 11.9 Å². The minimum Gasteiger partial charge on any atom is -0.467 e. The first-order valence-corrected chi connectivity index (χ1v) is 12.0. The maximum absolute atomic E-state index is 13.4. The fourth-order valence-electron chi connectivity index (χ4n) is 5.32. The Bertz CT molecular complexity index is 1230. The molecule has 1 atom stereocenters. The molecule has 3 heterocycles. The number of aryl methyl sites for hydroxylation is 1. The molecule has 0 spiro atoms. The number of amides is 1. The second-order valence-corrected chi connectivity index (χ2v) is 9.37. The van der Waals surface area contributed by atoms with Crippen LogP contribution in [0.2, 0.25) is 0 Å². The summed E-state index contributed by atoms with van der Waals surface area (Å²) in [4.78, 5) is 35.8. The third-order valence-corrected chi connectivity index (χ3v) is 7.45. The Morgan fingerprint density at radius 3 is 2.56 bits per heavy atom. The van der Waals surface area contributed by atoms with Crippen molar-refractivity contribution in [3.05, 3.63) is 64.8 Å². The summed E-state index contributed by atoms with van der Waals surface area (Å²) in [5.41, 5.74) is 7.04. The summed E-state index contributed by atoms with van der Waals surface area (Å²) in [6.45, 7) is 8.40. The number of aromatic nitrogens is 1. The second-order valence-electron chi connectivity index (χ2n) is 9.37. The highest BCUT2D eigenvalue weighted by Crippen LogP contribution is 2.31. The molecule has 2 aliphatic heterocycles. The first kappa shape index (κ1) is 22.5. The number of esters is 1. The lowest BCUT2D eigenvalue weighted by Crippen LogP contribution is -2.54. The summed E-state index contributed by atoms with van der Waals surface area (Å²) in [7, 11) is 1.39. The lowest BCUT2D eigenvalue weighted by Gasteiger charge is -2.39. The van der Waals surface area contributed by atoms with Gasteiger partial charge in [0.2, 0.25) is 5.91 Å². The third kappa shape index (κ3) is 4.05. The zero-order valence-electron chi connectivity index (χ0n) is 20.1. The van der Waals surface area contributed by atoms with Crippen molar-refractivity contribution in [1.29, 1.82) is 0 Å². The monoisotopic (exact) mass is 460 g/mol. The molecule has 1 aromatic heterocycles. The number of nitrogens with zero attached hydrogens (tertiary/aromatic N) is 3. The van der Waals surface area contributed by atoms with Crippen molar-refractivity contribution in [1.82, 2.24) is 14.8 Å². The molecule has 2 aliphatic rings. The molecule has 7 heteroatoms. The Balaban J connectivity index is 1.29. The fraction of sp³-hybridized carbons (Fsp3) is 0.407. The van der Waals surface area contributed by atoms with Crippen LogP contribution in [0.4, 0.5) is 5.69 Å². The Labute approximate surface area is 200 Å². The number of H-pyrrole nitrogens is 1. The van der Waals surface area contributed by atoms with Gasteiger partial charge in [-0.15, -0.1) is 0 Å². The van der Waals surface area contributed by atoms with Crippen molar-refractivity contribution in [3.8, 4) is 0 Å². The van der Waals surface area contributed by atoms with E-state index < -0.39 is 6.04 Å². The number of methoxy groups -OCH3 is 1. The SMILES string of the molecule is COC(=O)C1Cc2c([nH]c3ccccc23)CN1C(=O)CN1CCN(c2cccc(C)c2C)CC1. The molecule has 34 heavy (non-hydrogen) atoms. The quantitative estimate of drug-likeness (QED) is 0.606. The highest BCUT2D eigenvalue weighted by Gasteiger charge is 2.37. The van der Waals surface area contributed by atoms with E-state index in [0.717, 1.165) is 48.3 Å². The predicted molar refractivity (Wildman–Crippen MR) is 133 cm³/mol. The van der Waals surface area contributed by atoms with Gasteiger partial charge in [0, 0.05) is 54.9 Å². The van der Waals surface area contributed by atoms with E-state index in [1.165, 1.54) is 23.9 Å². The number of piperazine rings is 1. The van der Waals surface area contributed by atoms with Gasteiger partial charge in [0.1, 0.15) is 6.04 Å². The molecular weight excluding hydrogens is 428 g/mol. The van der Waals surface area contributed by atoms with Crippen LogP contribution in [0.1, 0.15) is 22.4 Å². The number of ether oxygens (including phenoxy) is 1. The van der Waals surface area contributed by atoms with Crippen molar-refractivity contribution in [3.63, 3.8) is 0 Å². The van der Waals surface area contributed by atoms with Crippen LogP contribution in [0.5, 0.6) is 0 Å². The number of anilines is 1. The molecule has 1 saturated heterocycles.